The van der Waals surface area contributed by atoms with Gasteiger partial charge in [0.25, 0.3) is 0 Å². The second-order valence-electron chi connectivity index (χ2n) is 5.43. The topological polar surface area (TPSA) is 12.0 Å². The van der Waals surface area contributed by atoms with Crippen molar-refractivity contribution in [2.24, 2.45) is 0 Å². The lowest BCUT2D eigenvalue weighted by atomic mass is 9.92. The van der Waals surface area contributed by atoms with Crippen LogP contribution in [0.3, 0.4) is 0 Å². The molecule has 0 amide bonds. The molecule has 0 unspecified atom stereocenters. The Hall–Kier alpha value is -1.60. The lowest BCUT2D eigenvalue weighted by Crippen LogP contribution is -2.05. The number of aryl methyl sites for hydroxylation is 4. The molecule has 1 heteroatoms. The van der Waals surface area contributed by atoms with Crippen LogP contribution in [-0.2, 0) is 6.54 Å². The van der Waals surface area contributed by atoms with Crippen LogP contribution in [0.15, 0.2) is 30.3 Å². The normalized spacial score (nSPS) is 10.8. The minimum absolute atomic E-state index is 0.924. The summed E-state index contributed by atoms with van der Waals surface area (Å²) < 4.78 is 0. The molecule has 0 aliphatic heterocycles. The fourth-order valence-corrected chi connectivity index (χ4v) is 2.59. The van der Waals surface area contributed by atoms with E-state index in [2.05, 4.69) is 63.3 Å². The first kappa shape index (κ1) is 13.8. The molecule has 1 nitrogen and oxygen atoms in total. The molecule has 2 aromatic carbocycles. The van der Waals surface area contributed by atoms with E-state index < -0.39 is 0 Å². The molecule has 0 heterocycles. The van der Waals surface area contributed by atoms with E-state index in [9.17, 15) is 0 Å². The highest BCUT2D eigenvalue weighted by atomic mass is 14.8. The summed E-state index contributed by atoms with van der Waals surface area (Å²) in [5.74, 6) is 0. The van der Waals surface area contributed by atoms with Gasteiger partial charge in [0.2, 0.25) is 0 Å². The molecule has 0 radical (unpaired) electrons. The third-order valence-corrected chi connectivity index (χ3v) is 3.80. The summed E-state index contributed by atoms with van der Waals surface area (Å²) in [6.07, 6.45) is 0. The van der Waals surface area contributed by atoms with Gasteiger partial charge in [0.05, 0.1) is 0 Å². The summed E-state index contributed by atoms with van der Waals surface area (Å²) in [4.78, 5) is 0. The fourth-order valence-electron chi connectivity index (χ4n) is 2.59. The second kappa shape index (κ2) is 5.58. The predicted octanol–water partition coefficient (Wildman–Crippen LogP) is 4.31. The summed E-state index contributed by atoms with van der Waals surface area (Å²) in [5.41, 5.74) is 9.47. The van der Waals surface area contributed by atoms with Gasteiger partial charge in [0, 0.05) is 6.54 Å². The van der Waals surface area contributed by atoms with Gasteiger partial charge in [-0.15, -0.1) is 0 Å². The van der Waals surface area contributed by atoms with Crippen molar-refractivity contribution in [1.29, 1.82) is 0 Å². The molecule has 0 atom stereocenters. The molecule has 2 aromatic rings. The van der Waals surface area contributed by atoms with Gasteiger partial charge < -0.3 is 5.32 Å². The Morgan fingerprint density at radius 2 is 1.37 bits per heavy atom. The highest BCUT2D eigenvalue weighted by Crippen LogP contribution is 2.29. The molecule has 2 rings (SSSR count). The van der Waals surface area contributed by atoms with Crippen molar-refractivity contribution >= 4 is 0 Å². The van der Waals surface area contributed by atoms with Crippen LogP contribution >= 0.6 is 0 Å². The van der Waals surface area contributed by atoms with Crippen molar-refractivity contribution in [3.63, 3.8) is 0 Å². The Morgan fingerprint density at radius 1 is 0.737 bits per heavy atom. The van der Waals surface area contributed by atoms with Crippen molar-refractivity contribution in [1.82, 2.24) is 5.32 Å². The standard InChI is InChI=1S/C18H23N/c1-12-8-14(3)18(10-13(12)2)17-7-6-16(11-19-5)9-15(17)4/h6-10,19H,11H2,1-5H3. The molecule has 0 aliphatic rings. The van der Waals surface area contributed by atoms with Crippen molar-refractivity contribution in [3.05, 3.63) is 58.1 Å². The van der Waals surface area contributed by atoms with Gasteiger partial charge in [-0.05, 0) is 73.7 Å². The van der Waals surface area contributed by atoms with E-state index in [1.54, 1.807) is 0 Å². The van der Waals surface area contributed by atoms with E-state index in [4.69, 9.17) is 0 Å². The van der Waals surface area contributed by atoms with Gasteiger partial charge in [-0.25, -0.2) is 0 Å². The molecule has 0 aliphatic carbocycles. The number of rotatable bonds is 3. The second-order valence-corrected chi connectivity index (χ2v) is 5.43. The zero-order valence-electron chi connectivity index (χ0n) is 12.6. The van der Waals surface area contributed by atoms with Crippen LogP contribution in [0.2, 0.25) is 0 Å². The Kier molecular flexibility index (Phi) is 4.06. The van der Waals surface area contributed by atoms with Gasteiger partial charge in [0.1, 0.15) is 0 Å². The van der Waals surface area contributed by atoms with Crippen LogP contribution in [0.4, 0.5) is 0 Å². The average Bonchev–Trinajstić information content (AvgIpc) is 2.35. The molecule has 0 fully saturated rings. The molecule has 0 aromatic heterocycles. The third-order valence-electron chi connectivity index (χ3n) is 3.80. The van der Waals surface area contributed by atoms with Crippen molar-refractivity contribution in [2.45, 2.75) is 34.2 Å². The lowest BCUT2D eigenvalue weighted by Gasteiger charge is -2.13. The van der Waals surface area contributed by atoms with Crippen LogP contribution in [0.1, 0.15) is 27.8 Å². The van der Waals surface area contributed by atoms with Gasteiger partial charge in [-0.1, -0.05) is 30.3 Å². The van der Waals surface area contributed by atoms with Crippen molar-refractivity contribution in [2.75, 3.05) is 7.05 Å². The molecule has 19 heavy (non-hydrogen) atoms. The maximum Gasteiger partial charge on any atom is 0.0202 e. The number of hydrogen-bond acceptors (Lipinski definition) is 1. The quantitative estimate of drug-likeness (QED) is 0.859. The molecule has 0 saturated carbocycles. The van der Waals surface area contributed by atoms with E-state index in [1.807, 2.05) is 7.05 Å². The molecule has 0 bridgehead atoms. The largest absolute Gasteiger partial charge is 0.316 e. The molecule has 100 valence electrons. The Bertz CT molecular complexity index is 597. The zero-order valence-corrected chi connectivity index (χ0v) is 12.6. The minimum atomic E-state index is 0.924. The van der Waals surface area contributed by atoms with Crippen LogP contribution in [0.5, 0.6) is 0 Å². The van der Waals surface area contributed by atoms with Crippen molar-refractivity contribution in [3.8, 4) is 11.1 Å². The third kappa shape index (κ3) is 2.87. The first-order valence-corrected chi connectivity index (χ1v) is 6.85. The van der Waals surface area contributed by atoms with E-state index in [-0.39, 0.29) is 0 Å². The van der Waals surface area contributed by atoms with E-state index in [0.717, 1.165) is 6.54 Å². The maximum atomic E-state index is 3.20. The number of hydrogen-bond donors (Lipinski definition) is 1. The smallest absolute Gasteiger partial charge is 0.0202 e. The lowest BCUT2D eigenvalue weighted by molar-refractivity contribution is 0.817. The SMILES string of the molecule is CNCc1ccc(-c2cc(C)c(C)cc2C)c(C)c1. The summed E-state index contributed by atoms with van der Waals surface area (Å²) in [6.45, 7) is 9.68. The average molecular weight is 253 g/mol. The Balaban J connectivity index is 2.50. The summed E-state index contributed by atoms with van der Waals surface area (Å²) >= 11 is 0. The van der Waals surface area contributed by atoms with E-state index in [0.29, 0.717) is 0 Å². The molecule has 0 spiro atoms. The highest BCUT2D eigenvalue weighted by Gasteiger charge is 2.07. The fraction of sp³-hybridized carbons (Fsp3) is 0.333. The molecular formula is C18H23N. The van der Waals surface area contributed by atoms with Crippen LogP contribution in [-0.4, -0.2) is 7.05 Å². The Labute approximate surface area is 116 Å². The highest BCUT2D eigenvalue weighted by molar-refractivity contribution is 5.72. The first-order valence-electron chi connectivity index (χ1n) is 6.85. The van der Waals surface area contributed by atoms with E-state index >= 15 is 0 Å². The number of nitrogens with one attached hydrogen (secondary N) is 1. The van der Waals surface area contributed by atoms with Crippen molar-refractivity contribution < 1.29 is 0 Å². The number of benzene rings is 2. The minimum Gasteiger partial charge on any atom is -0.316 e. The zero-order chi connectivity index (χ0) is 14.0. The molecule has 0 saturated heterocycles. The van der Waals surface area contributed by atoms with E-state index in [1.165, 1.54) is 38.9 Å². The van der Waals surface area contributed by atoms with Crippen LogP contribution in [0, 0.1) is 27.7 Å². The maximum absolute atomic E-state index is 3.20. The summed E-state index contributed by atoms with van der Waals surface area (Å²) in [5, 5.41) is 3.20. The van der Waals surface area contributed by atoms with Crippen LogP contribution in [0.25, 0.3) is 11.1 Å². The molecular weight excluding hydrogens is 230 g/mol. The van der Waals surface area contributed by atoms with Gasteiger partial charge >= 0.3 is 0 Å². The van der Waals surface area contributed by atoms with Crippen LogP contribution < -0.4 is 5.32 Å². The monoisotopic (exact) mass is 253 g/mol. The summed E-state index contributed by atoms with van der Waals surface area (Å²) in [7, 11) is 1.98. The predicted molar refractivity (Wildman–Crippen MR) is 83.6 cm³/mol. The van der Waals surface area contributed by atoms with Gasteiger partial charge in [-0.3, -0.25) is 0 Å². The summed E-state index contributed by atoms with van der Waals surface area (Å²) in [6, 6.07) is 11.3. The Morgan fingerprint density at radius 3 is 2.00 bits per heavy atom. The molecule has 1 N–H and O–H groups in total. The van der Waals surface area contributed by atoms with Gasteiger partial charge in [-0.2, -0.15) is 0 Å². The first-order chi connectivity index (χ1) is 9.02. The van der Waals surface area contributed by atoms with Gasteiger partial charge in [0.15, 0.2) is 0 Å².